The van der Waals surface area contributed by atoms with E-state index >= 15 is 0 Å². The van der Waals surface area contributed by atoms with Crippen LogP contribution in [0, 0.1) is 0 Å². The molecule has 2 unspecified atom stereocenters. The van der Waals surface area contributed by atoms with Gasteiger partial charge in [0.05, 0.1) is 12.6 Å². The van der Waals surface area contributed by atoms with E-state index in [9.17, 15) is 18.7 Å². The first-order valence-corrected chi connectivity index (χ1v) is 10.4. The second-order valence-corrected chi connectivity index (χ2v) is 7.29. The zero-order chi connectivity index (χ0) is 21.9. The number of likely N-dealkylation sites (tertiary alicyclic amines) is 1. The number of aliphatic hydroxyl groups excluding tert-OH is 1. The summed E-state index contributed by atoms with van der Waals surface area (Å²) >= 11 is 0. The van der Waals surface area contributed by atoms with Crippen LogP contribution in [-0.4, -0.2) is 60.7 Å². The standard InChI is InChI=1S/C21H32F2N4O3.HI/c1-3-24-21(25-12-11-19(29)27-13-5-4-6-15(27)2)26-14-18(28)16-7-9-17(10-8-16)30-20(22)23;/h7-10,15,18,20,28H,3-6,11-14H2,1-2H3,(H2,24,25,26);1H. The van der Waals surface area contributed by atoms with Gasteiger partial charge < -0.3 is 25.4 Å². The average molecular weight is 554 g/mol. The quantitative estimate of drug-likeness (QED) is 0.248. The van der Waals surface area contributed by atoms with Crippen molar-refractivity contribution in [1.82, 2.24) is 15.5 Å². The number of nitrogens with zero attached hydrogens (tertiary/aromatic N) is 2. The summed E-state index contributed by atoms with van der Waals surface area (Å²) in [6.07, 6.45) is 2.77. The molecule has 1 aromatic carbocycles. The number of piperidine rings is 1. The Morgan fingerprint density at radius 1 is 1.29 bits per heavy atom. The highest BCUT2D eigenvalue weighted by molar-refractivity contribution is 14.0. The molecule has 2 atom stereocenters. The lowest BCUT2D eigenvalue weighted by Crippen LogP contribution is -2.44. The number of rotatable bonds is 9. The summed E-state index contributed by atoms with van der Waals surface area (Å²) < 4.78 is 28.7. The van der Waals surface area contributed by atoms with Gasteiger partial charge >= 0.3 is 6.61 Å². The van der Waals surface area contributed by atoms with Gasteiger partial charge in [-0.3, -0.25) is 9.79 Å². The Bertz CT molecular complexity index is 692. The molecule has 1 aliphatic heterocycles. The Morgan fingerprint density at radius 2 is 2.00 bits per heavy atom. The van der Waals surface area contributed by atoms with E-state index in [-0.39, 0.29) is 42.2 Å². The van der Waals surface area contributed by atoms with E-state index in [1.165, 1.54) is 30.7 Å². The van der Waals surface area contributed by atoms with Crippen LogP contribution >= 0.6 is 24.0 Å². The molecule has 1 saturated heterocycles. The van der Waals surface area contributed by atoms with Gasteiger partial charge in [-0.1, -0.05) is 12.1 Å². The molecule has 7 nitrogen and oxygen atoms in total. The minimum atomic E-state index is -2.89. The van der Waals surface area contributed by atoms with Gasteiger partial charge in [0.1, 0.15) is 5.75 Å². The van der Waals surface area contributed by atoms with E-state index in [1.54, 1.807) is 0 Å². The Morgan fingerprint density at radius 3 is 2.61 bits per heavy atom. The van der Waals surface area contributed by atoms with Crippen LogP contribution < -0.4 is 15.4 Å². The SMILES string of the molecule is CCNC(=NCC(O)c1ccc(OC(F)F)cc1)NCCC(=O)N1CCCCC1C.I. The van der Waals surface area contributed by atoms with E-state index in [4.69, 9.17) is 0 Å². The summed E-state index contributed by atoms with van der Waals surface area (Å²) in [6.45, 7) is 3.12. The maximum atomic E-state index is 12.4. The Labute approximate surface area is 199 Å². The summed E-state index contributed by atoms with van der Waals surface area (Å²) in [4.78, 5) is 18.7. The first-order chi connectivity index (χ1) is 14.4. The van der Waals surface area contributed by atoms with Crippen molar-refractivity contribution in [1.29, 1.82) is 0 Å². The smallest absolute Gasteiger partial charge is 0.387 e. The zero-order valence-corrected chi connectivity index (χ0v) is 20.4. The Hall–Kier alpha value is -1.69. The maximum Gasteiger partial charge on any atom is 0.387 e. The third-order valence-electron chi connectivity index (χ3n) is 5.01. The third-order valence-corrected chi connectivity index (χ3v) is 5.01. The second-order valence-electron chi connectivity index (χ2n) is 7.29. The minimum absolute atomic E-state index is 0. The van der Waals surface area contributed by atoms with Crippen molar-refractivity contribution in [2.45, 2.75) is 58.3 Å². The number of aliphatic hydroxyl groups is 1. The van der Waals surface area contributed by atoms with Gasteiger partial charge in [0, 0.05) is 32.1 Å². The van der Waals surface area contributed by atoms with Crippen LogP contribution in [0.25, 0.3) is 0 Å². The molecular formula is C21H33F2IN4O3. The normalized spacial score (nSPS) is 17.7. The molecule has 176 valence electrons. The topological polar surface area (TPSA) is 86.2 Å². The van der Waals surface area contributed by atoms with Gasteiger partial charge in [-0.2, -0.15) is 8.78 Å². The second kappa shape index (κ2) is 14.4. The highest BCUT2D eigenvalue weighted by atomic mass is 127. The summed E-state index contributed by atoms with van der Waals surface area (Å²) in [7, 11) is 0. The van der Waals surface area contributed by atoms with Crippen molar-refractivity contribution in [2.24, 2.45) is 4.99 Å². The highest BCUT2D eigenvalue weighted by Gasteiger charge is 2.22. The van der Waals surface area contributed by atoms with Gasteiger partial charge in [0.2, 0.25) is 5.91 Å². The van der Waals surface area contributed by atoms with Crippen LogP contribution in [0.2, 0.25) is 0 Å². The first-order valence-electron chi connectivity index (χ1n) is 10.4. The number of amides is 1. The number of aliphatic imine (C=N–C) groups is 1. The van der Waals surface area contributed by atoms with Crippen molar-refractivity contribution in [3.05, 3.63) is 29.8 Å². The van der Waals surface area contributed by atoms with Crippen molar-refractivity contribution >= 4 is 35.8 Å². The molecule has 10 heteroatoms. The molecular weight excluding hydrogens is 521 g/mol. The van der Waals surface area contributed by atoms with Crippen LogP contribution in [0.4, 0.5) is 8.78 Å². The Balaban J connectivity index is 0.00000480. The van der Waals surface area contributed by atoms with Crippen LogP contribution in [0.5, 0.6) is 5.75 Å². The molecule has 31 heavy (non-hydrogen) atoms. The molecule has 1 heterocycles. The van der Waals surface area contributed by atoms with Gasteiger partial charge in [-0.05, 0) is 50.8 Å². The molecule has 0 saturated carbocycles. The van der Waals surface area contributed by atoms with E-state index in [2.05, 4.69) is 27.3 Å². The number of hydrogen-bond donors (Lipinski definition) is 3. The van der Waals surface area contributed by atoms with E-state index in [1.807, 2.05) is 11.8 Å². The molecule has 0 radical (unpaired) electrons. The lowest BCUT2D eigenvalue weighted by molar-refractivity contribution is -0.134. The van der Waals surface area contributed by atoms with E-state index < -0.39 is 12.7 Å². The minimum Gasteiger partial charge on any atom is -0.435 e. The van der Waals surface area contributed by atoms with Gasteiger partial charge in [0.25, 0.3) is 0 Å². The zero-order valence-electron chi connectivity index (χ0n) is 18.0. The number of carbonyl (C=O) groups excluding carboxylic acids is 1. The summed E-state index contributed by atoms with van der Waals surface area (Å²) in [5.41, 5.74) is 0.547. The van der Waals surface area contributed by atoms with Crippen molar-refractivity contribution in [3.63, 3.8) is 0 Å². The molecule has 0 bridgehead atoms. The lowest BCUT2D eigenvalue weighted by atomic mass is 10.0. The molecule has 0 aliphatic carbocycles. The molecule has 0 spiro atoms. The molecule has 1 aliphatic rings. The fourth-order valence-electron chi connectivity index (χ4n) is 3.40. The summed E-state index contributed by atoms with van der Waals surface area (Å²) in [5, 5.41) is 16.5. The predicted molar refractivity (Wildman–Crippen MR) is 127 cm³/mol. The van der Waals surface area contributed by atoms with Gasteiger partial charge in [-0.25, -0.2) is 0 Å². The Kier molecular flexibility index (Phi) is 12.7. The number of benzene rings is 1. The number of ether oxygens (including phenoxy) is 1. The van der Waals surface area contributed by atoms with Crippen LogP contribution in [0.3, 0.4) is 0 Å². The number of carbonyl (C=O) groups is 1. The predicted octanol–water partition coefficient (Wildman–Crippen LogP) is 3.29. The van der Waals surface area contributed by atoms with Crippen LogP contribution in [-0.2, 0) is 4.79 Å². The monoisotopic (exact) mass is 554 g/mol. The molecule has 1 amide bonds. The summed E-state index contributed by atoms with van der Waals surface area (Å²) in [6, 6.07) is 6.10. The van der Waals surface area contributed by atoms with E-state index in [0.29, 0.717) is 37.1 Å². The van der Waals surface area contributed by atoms with E-state index in [0.717, 1.165) is 19.4 Å². The van der Waals surface area contributed by atoms with Crippen LogP contribution in [0.15, 0.2) is 29.3 Å². The van der Waals surface area contributed by atoms with Crippen molar-refractivity contribution in [3.8, 4) is 5.75 Å². The number of hydrogen-bond acceptors (Lipinski definition) is 4. The van der Waals surface area contributed by atoms with Crippen molar-refractivity contribution in [2.75, 3.05) is 26.2 Å². The number of alkyl halides is 2. The van der Waals surface area contributed by atoms with Gasteiger partial charge in [0.15, 0.2) is 5.96 Å². The average Bonchev–Trinajstić information content (AvgIpc) is 2.72. The number of nitrogens with one attached hydrogen (secondary N) is 2. The highest BCUT2D eigenvalue weighted by Crippen LogP contribution is 2.20. The molecule has 1 fully saturated rings. The van der Waals surface area contributed by atoms with Crippen molar-refractivity contribution < 1.29 is 23.4 Å². The molecule has 1 aromatic rings. The number of guanidine groups is 1. The fourth-order valence-corrected chi connectivity index (χ4v) is 3.40. The summed E-state index contributed by atoms with van der Waals surface area (Å²) in [5.74, 6) is 0.678. The lowest BCUT2D eigenvalue weighted by Gasteiger charge is -2.33. The van der Waals surface area contributed by atoms with Crippen LogP contribution in [0.1, 0.15) is 51.2 Å². The largest absolute Gasteiger partial charge is 0.435 e. The maximum absolute atomic E-state index is 12.4. The number of halogens is 3. The first kappa shape index (κ1) is 27.3. The fraction of sp³-hybridized carbons (Fsp3) is 0.619. The molecule has 3 N–H and O–H groups in total. The van der Waals surface area contributed by atoms with Gasteiger partial charge in [-0.15, -0.1) is 24.0 Å². The molecule has 0 aromatic heterocycles. The third kappa shape index (κ3) is 9.55. The molecule has 2 rings (SSSR count).